The highest BCUT2D eigenvalue weighted by atomic mass is 16.5. The number of methoxy groups -OCH3 is 1. The van der Waals surface area contributed by atoms with Crippen LogP contribution >= 0.6 is 0 Å². The van der Waals surface area contributed by atoms with Crippen molar-refractivity contribution in [3.63, 3.8) is 0 Å². The van der Waals surface area contributed by atoms with E-state index in [0.29, 0.717) is 19.2 Å². The predicted octanol–water partition coefficient (Wildman–Crippen LogP) is 2.34. The third kappa shape index (κ3) is 7.07. The lowest BCUT2D eigenvalue weighted by Gasteiger charge is -2.17. The third-order valence-electron chi connectivity index (χ3n) is 3.28. The number of allylic oxidation sites excluding steroid dienone is 1. The highest BCUT2D eigenvalue weighted by molar-refractivity contribution is 5.38. The Kier molecular flexibility index (Phi) is 8.82. The zero-order chi connectivity index (χ0) is 16.4. The monoisotopic (exact) mass is 307 g/mol. The quantitative estimate of drug-likeness (QED) is 0.616. The highest BCUT2D eigenvalue weighted by Crippen LogP contribution is 2.22. The Balaban J connectivity index is 2.62. The summed E-state index contributed by atoms with van der Waals surface area (Å²) in [5, 5.41) is 13.1. The maximum Gasteiger partial charge on any atom is 0.122 e. The Hall–Kier alpha value is -1.36. The molecule has 0 fully saturated rings. The maximum atomic E-state index is 9.93. The van der Waals surface area contributed by atoms with Crippen LogP contribution in [0.25, 0.3) is 0 Å². The Morgan fingerprint density at radius 1 is 1.36 bits per heavy atom. The van der Waals surface area contributed by atoms with Crippen molar-refractivity contribution in [3.8, 4) is 5.75 Å². The average Bonchev–Trinajstić information content (AvgIpc) is 2.50. The maximum absolute atomic E-state index is 9.93. The number of ether oxygens (including phenoxy) is 2. The number of hydrogen-bond acceptors (Lipinski definition) is 4. The van der Waals surface area contributed by atoms with Crippen LogP contribution in [0.5, 0.6) is 5.75 Å². The molecule has 0 aromatic heterocycles. The van der Waals surface area contributed by atoms with E-state index in [1.807, 2.05) is 18.2 Å². The van der Waals surface area contributed by atoms with Gasteiger partial charge in [0.1, 0.15) is 18.5 Å². The summed E-state index contributed by atoms with van der Waals surface area (Å²) < 4.78 is 10.9. The zero-order valence-corrected chi connectivity index (χ0v) is 14.0. The first-order chi connectivity index (χ1) is 10.6. The Labute approximate surface area is 134 Å². The van der Waals surface area contributed by atoms with Crippen molar-refractivity contribution >= 4 is 0 Å². The van der Waals surface area contributed by atoms with Gasteiger partial charge in [-0.3, -0.25) is 0 Å². The molecule has 0 bridgehead atoms. The predicted molar refractivity (Wildman–Crippen MR) is 90.6 cm³/mol. The molecule has 0 aliphatic heterocycles. The molecule has 0 spiro atoms. The van der Waals surface area contributed by atoms with Gasteiger partial charge in [-0.2, -0.15) is 0 Å². The number of nitrogens with one attached hydrogen (secondary N) is 1. The van der Waals surface area contributed by atoms with Crippen LogP contribution < -0.4 is 10.1 Å². The molecule has 1 rings (SSSR count). The fourth-order valence-electron chi connectivity index (χ4n) is 2.08. The largest absolute Gasteiger partial charge is 0.491 e. The van der Waals surface area contributed by atoms with Crippen LogP contribution in [0, 0.1) is 0 Å². The number of benzene rings is 1. The molecule has 1 aromatic rings. The van der Waals surface area contributed by atoms with E-state index in [2.05, 4.69) is 31.8 Å². The molecule has 22 heavy (non-hydrogen) atoms. The van der Waals surface area contributed by atoms with E-state index in [4.69, 9.17) is 9.47 Å². The van der Waals surface area contributed by atoms with Crippen LogP contribution in [-0.2, 0) is 17.6 Å². The first kappa shape index (κ1) is 18.7. The van der Waals surface area contributed by atoms with Gasteiger partial charge >= 0.3 is 0 Å². The van der Waals surface area contributed by atoms with Gasteiger partial charge in [-0.1, -0.05) is 32.1 Å². The van der Waals surface area contributed by atoms with Crippen LogP contribution in [0.1, 0.15) is 25.0 Å². The molecule has 0 aliphatic carbocycles. The van der Waals surface area contributed by atoms with Crippen LogP contribution in [0.4, 0.5) is 0 Å². The minimum atomic E-state index is -0.521. The topological polar surface area (TPSA) is 50.7 Å². The number of aliphatic hydroxyl groups excluding tert-OH is 1. The lowest BCUT2D eigenvalue weighted by atomic mass is 10.0. The molecule has 1 atom stereocenters. The summed E-state index contributed by atoms with van der Waals surface area (Å²) in [6.45, 7) is 9.40. The smallest absolute Gasteiger partial charge is 0.122 e. The van der Waals surface area contributed by atoms with Gasteiger partial charge in [0.25, 0.3) is 0 Å². The van der Waals surface area contributed by atoms with Crippen LogP contribution in [0.15, 0.2) is 30.9 Å². The summed E-state index contributed by atoms with van der Waals surface area (Å²) in [5.41, 5.74) is 2.31. The molecule has 0 heterocycles. The van der Waals surface area contributed by atoms with Gasteiger partial charge in [0.2, 0.25) is 0 Å². The number of aliphatic hydroxyl groups is 1. The van der Waals surface area contributed by atoms with E-state index >= 15 is 0 Å². The van der Waals surface area contributed by atoms with E-state index in [0.717, 1.165) is 24.2 Å². The van der Waals surface area contributed by atoms with Crippen molar-refractivity contribution in [2.45, 2.75) is 38.8 Å². The molecule has 0 aliphatic rings. The normalized spacial score (nSPS) is 12.4. The molecule has 2 N–H and O–H groups in total. The van der Waals surface area contributed by atoms with Crippen molar-refractivity contribution in [3.05, 3.63) is 42.0 Å². The van der Waals surface area contributed by atoms with Crippen LogP contribution in [-0.4, -0.2) is 44.1 Å². The van der Waals surface area contributed by atoms with Gasteiger partial charge in [0.15, 0.2) is 0 Å². The molecule has 0 radical (unpaired) electrons. The second kappa shape index (κ2) is 10.4. The second-order valence-corrected chi connectivity index (χ2v) is 5.71. The van der Waals surface area contributed by atoms with Gasteiger partial charge in [0, 0.05) is 19.7 Å². The summed E-state index contributed by atoms with van der Waals surface area (Å²) in [6, 6.07) is 6.48. The molecule has 1 aromatic carbocycles. The van der Waals surface area contributed by atoms with Gasteiger partial charge < -0.3 is 19.9 Å². The summed E-state index contributed by atoms with van der Waals surface area (Å²) >= 11 is 0. The summed E-state index contributed by atoms with van der Waals surface area (Å²) in [6.07, 6.45) is 2.96. The van der Waals surface area contributed by atoms with Gasteiger partial charge in [0.05, 0.1) is 6.61 Å². The Morgan fingerprint density at radius 3 is 2.77 bits per heavy atom. The highest BCUT2D eigenvalue weighted by Gasteiger charge is 2.09. The zero-order valence-electron chi connectivity index (χ0n) is 14.0. The molecule has 0 saturated carbocycles. The lowest BCUT2D eigenvalue weighted by Crippen LogP contribution is -2.35. The minimum Gasteiger partial charge on any atom is -0.491 e. The van der Waals surface area contributed by atoms with E-state index in [9.17, 15) is 5.11 Å². The SMILES string of the molecule is C=CCc1cc(CCOC)ccc1OCC(O)CNC(C)C. The Bertz CT molecular complexity index is 446. The minimum absolute atomic E-state index is 0.279. The molecule has 4 heteroatoms. The van der Waals surface area contributed by atoms with Crippen LogP contribution in [0.2, 0.25) is 0 Å². The standard InChI is InChI=1S/C18H29NO3/c1-5-6-16-11-15(9-10-21-4)7-8-18(16)22-13-17(20)12-19-14(2)3/h5,7-8,11,14,17,19-20H,1,6,9-10,12-13H2,2-4H3. The summed E-state index contributed by atoms with van der Waals surface area (Å²) in [4.78, 5) is 0. The van der Waals surface area contributed by atoms with Crippen molar-refractivity contribution < 1.29 is 14.6 Å². The van der Waals surface area contributed by atoms with Crippen molar-refractivity contribution in [2.24, 2.45) is 0 Å². The number of hydrogen-bond donors (Lipinski definition) is 2. The van der Waals surface area contributed by atoms with Gasteiger partial charge in [-0.05, 0) is 30.0 Å². The fraction of sp³-hybridized carbons (Fsp3) is 0.556. The van der Waals surface area contributed by atoms with E-state index < -0.39 is 6.10 Å². The summed E-state index contributed by atoms with van der Waals surface area (Å²) in [7, 11) is 1.70. The van der Waals surface area contributed by atoms with E-state index in [-0.39, 0.29) is 6.61 Å². The third-order valence-corrected chi connectivity index (χ3v) is 3.28. The van der Waals surface area contributed by atoms with Gasteiger partial charge in [-0.25, -0.2) is 0 Å². The van der Waals surface area contributed by atoms with Crippen LogP contribution in [0.3, 0.4) is 0 Å². The van der Waals surface area contributed by atoms with Crippen molar-refractivity contribution in [2.75, 3.05) is 26.9 Å². The molecular weight excluding hydrogens is 278 g/mol. The molecule has 4 nitrogen and oxygen atoms in total. The summed E-state index contributed by atoms with van der Waals surface area (Å²) in [5.74, 6) is 0.810. The molecular formula is C18H29NO3. The molecule has 0 amide bonds. The lowest BCUT2D eigenvalue weighted by molar-refractivity contribution is 0.104. The van der Waals surface area contributed by atoms with Crippen molar-refractivity contribution in [1.29, 1.82) is 0 Å². The fourth-order valence-corrected chi connectivity index (χ4v) is 2.08. The average molecular weight is 307 g/mol. The first-order valence-electron chi connectivity index (χ1n) is 7.82. The van der Waals surface area contributed by atoms with E-state index in [1.165, 1.54) is 5.56 Å². The Morgan fingerprint density at radius 2 is 2.14 bits per heavy atom. The van der Waals surface area contributed by atoms with E-state index in [1.54, 1.807) is 7.11 Å². The van der Waals surface area contributed by atoms with Gasteiger partial charge in [-0.15, -0.1) is 6.58 Å². The number of rotatable bonds is 11. The van der Waals surface area contributed by atoms with Crippen molar-refractivity contribution in [1.82, 2.24) is 5.32 Å². The second-order valence-electron chi connectivity index (χ2n) is 5.71. The molecule has 124 valence electrons. The first-order valence-corrected chi connectivity index (χ1v) is 7.82. The molecule has 1 unspecified atom stereocenters. The molecule has 0 saturated heterocycles.